The summed E-state index contributed by atoms with van der Waals surface area (Å²) in [6, 6.07) is 7.99. The zero-order chi connectivity index (χ0) is 25.9. The molecule has 0 bridgehead atoms. The Morgan fingerprint density at radius 2 is 2.00 bits per heavy atom. The maximum Gasteiger partial charge on any atom is 0.323 e. The second-order valence-corrected chi connectivity index (χ2v) is 11.9. The molecule has 2 amide bonds. The fraction of sp³-hybridized carbons (Fsp3) is 0.407. The number of hydrogen-bond donors (Lipinski definition) is 2. The number of carbonyl (C=O) groups is 3. The predicted octanol–water partition coefficient (Wildman–Crippen LogP) is 4.22. The third kappa shape index (κ3) is 4.19. The molecule has 0 unspecified atom stereocenters. The Morgan fingerprint density at radius 1 is 1.22 bits per heavy atom. The quantitative estimate of drug-likeness (QED) is 0.469. The summed E-state index contributed by atoms with van der Waals surface area (Å²) in [5.74, 6) is -1.09. The lowest BCUT2D eigenvalue weighted by atomic mass is 9.91. The summed E-state index contributed by atoms with van der Waals surface area (Å²) >= 11 is 8.17. The zero-order valence-electron chi connectivity index (χ0n) is 20.4. The van der Waals surface area contributed by atoms with Crippen molar-refractivity contribution < 1.29 is 19.5 Å². The number of carboxylic acids is 1. The van der Waals surface area contributed by atoms with Crippen LogP contribution in [0.2, 0.25) is 5.02 Å². The Morgan fingerprint density at radius 3 is 2.73 bits per heavy atom. The van der Waals surface area contributed by atoms with E-state index in [1.54, 1.807) is 24.5 Å². The van der Waals surface area contributed by atoms with Gasteiger partial charge in [0.05, 0.1) is 16.8 Å². The number of amides is 2. The molecule has 0 radical (unpaired) electrons. The molecular formula is C27H27ClN4O4S. The summed E-state index contributed by atoms with van der Waals surface area (Å²) < 4.78 is 0.978. The summed E-state index contributed by atoms with van der Waals surface area (Å²) in [5.41, 5.74) is 4.12. The molecule has 2 atom stereocenters. The number of carboxylic acid groups (broad SMARTS) is 1. The van der Waals surface area contributed by atoms with Gasteiger partial charge < -0.3 is 10.0 Å². The van der Waals surface area contributed by atoms with Gasteiger partial charge in [-0.15, -0.1) is 11.3 Å². The highest BCUT2D eigenvalue weighted by atomic mass is 35.5. The summed E-state index contributed by atoms with van der Waals surface area (Å²) in [5, 5.41) is 13.6. The highest BCUT2D eigenvalue weighted by molar-refractivity contribution is 7.19. The lowest BCUT2D eigenvalue weighted by Crippen LogP contribution is -2.44. The molecule has 2 fully saturated rings. The van der Waals surface area contributed by atoms with Crippen LogP contribution in [0.1, 0.15) is 43.0 Å². The van der Waals surface area contributed by atoms with Gasteiger partial charge in [0.2, 0.25) is 11.8 Å². The van der Waals surface area contributed by atoms with E-state index in [4.69, 9.17) is 11.6 Å². The first-order valence-electron chi connectivity index (χ1n) is 12.5. The van der Waals surface area contributed by atoms with Gasteiger partial charge >= 0.3 is 5.97 Å². The summed E-state index contributed by atoms with van der Waals surface area (Å²) in [6.07, 6.45) is 4.71. The van der Waals surface area contributed by atoms with E-state index in [9.17, 15) is 19.5 Å². The molecule has 0 spiro atoms. The van der Waals surface area contributed by atoms with E-state index in [1.165, 1.54) is 4.90 Å². The number of pyridine rings is 1. The topological polar surface area (TPSA) is 103 Å². The van der Waals surface area contributed by atoms with Crippen molar-refractivity contribution in [2.45, 2.75) is 57.2 Å². The van der Waals surface area contributed by atoms with E-state index in [0.29, 0.717) is 18.0 Å². The highest BCUT2D eigenvalue weighted by Gasteiger charge is 2.44. The van der Waals surface area contributed by atoms with Crippen molar-refractivity contribution in [3.63, 3.8) is 0 Å². The van der Waals surface area contributed by atoms with E-state index in [2.05, 4.69) is 15.2 Å². The van der Waals surface area contributed by atoms with Crippen LogP contribution in [0, 0.1) is 0 Å². The molecule has 2 aromatic heterocycles. The molecule has 37 heavy (non-hydrogen) atoms. The molecule has 0 saturated carbocycles. The number of thiophene rings is 1. The van der Waals surface area contributed by atoms with E-state index in [1.807, 2.05) is 24.3 Å². The van der Waals surface area contributed by atoms with Crippen LogP contribution in [0.3, 0.4) is 0 Å². The summed E-state index contributed by atoms with van der Waals surface area (Å²) in [6.45, 7) is 3.45. The average molecular weight is 539 g/mol. The number of imide groups is 1. The van der Waals surface area contributed by atoms with Crippen LogP contribution in [-0.2, 0) is 27.3 Å². The minimum Gasteiger partial charge on any atom is -0.480 e. The number of aromatic nitrogens is 1. The number of hydrogen-bond acceptors (Lipinski definition) is 7. The number of nitrogens with zero attached hydrogens (tertiary/aromatic N) is 3. The van der Waals surface area contributed by atoms with E-state index < -0.39 is 11.5 Å². The van der Waals surface area contributed by atoms with E-state index in [0.717, 1.165) is 56.9 Å². The van der Waals surface area contributed by atoms with Crippen molar-refractivity contribution in [3.8, 4) is 11.1 Å². The smallest absolute Gasteiger partial charge is 0.323 e. The Bertz CT molecular complexity index is 1440. The molecule has 0 aliphatic carbocycles. The van der Waals surface area contributed by atoms with Crippen LogP contribution in [0.5, 0.6) is 0 Å². The number of aryl methyl sites for hydroxylation is 1. The number of likely N-dealkylation sites (tertiary alicyclic amines) is 1. The van der Waals surface area contributed by atoms with Gasteiger partial charge in [-0.1, -0.05) is 11.6 Å². The van der Waals surface area contributed by atoms with Crippen LogP contribution in [0.15, 0.2) is 30.5 Å². The van der Waals surface area contributed by atoms with Crippen molar-refractivity contribution in [1.29, 1.82) is 0 Å². The monoisotopic (exact) mass is 538 g/mol. The number of fused-ring (bicyclic) bond motifs is 2. The molecule has 192 valence electrons. The first-order valence-corrected chi connectivity index (χ1v) is 13.7. The number of halogens is 1. The van der Waals surface area contributed by atoms with Gasteiger partial charge in [-0.2, -0.15) is 0 Å². The molecule has 3 aromatic rings. The number of carbonyl (C=O) groups excluding carboxylic acids is 2. The second kappa shape index (κ2) is 9.08. The molecule has 5 heterocycles. The van der Waals surface area contributed by atoms with Crippen LogP contribution in [0.25, 0.3) is 21.3 Å². The molecule has 10 heteroatoms. The molecule has 1 aromatic carbocycles. The third-order valence-electron chi connectivity index (χ3n) is 7.79. The minimum atomic E-state index is -0.952. The normalized spacial score (nSPS) is 23.8. The standard InChI is InChI=1S/C27H27ClN4O4S/c1-27(26(35)36)12-17(13-30-27)31-8-2-3-15-9-16(28)10-20(24(15)31)19-6-7-29-21-11-18(37-25(19)21)14-32-22(33)4-5-23(32)34/h6-7,9-11,17,30H,2-5,8,12-14H2,1H3,(H,35,36)/t17-,27+/m1/s1. The molecule has 6 rings (SSSR count). The Labute approximate surface area is 223 Å². The minimum absolute atomic E-state index is 0.0449. The maximum atomic E-state index is 12.2. The second-order valence-electron chi connectivity index (χ2n) is 10.3. The molecular weight excluding hydrogens is 512 g/mol. The van der Waals surface area contributed by atoms with Gasteiger partial charge in [-0.3, -0.25) is 29.6 Å². The third-order valence-corrected chi connectivity index (χ3v) is 9.15. The van der Waals surface area contributed by atoms with Gasteiger partial charge in [-0.25, -0.2) is 0 Å². The Kier molecular flexibility index (Phi) is 5.97. The number of nitrogens with one attached hydrogen (secondary N) is 1. The summed E-state index contributed by atoms with van der Waals surface area (Å²) in [4.78, 5) is 45.4. The van der Waals surface area contributed by atoms with Gasteiger partial charge in [0.1, 0.15) is 5.54 Å². The van der Waals surface area contributed by atoms with Gasteiger partial charge in [0, 0.05) is 64.9 Å². The Hall–Kier alpha value is -3.01. The van der Waals surface area contributed by atoms with Crippen molar-refractivity contribution >= 4 is 56.6 Å². The molecule has 8 nitrogen and oxygen atoms in total. The van der Waals surface area contributed by atoms with E-state index in [-0.39, 0.29) is 37.2 Å². The molecule has 2 saturated heterocycles. The van der Waals surface area contributed by atoms with Crippen LogP contribution in [-0.4, -0.2) is 57.4 Å². The molecule has 2 N–H and O–H groups in total. The fourth-order valence-corrected chi connectivity index (χ4v) is 7.25. The van der Waals surface area contributed by atoms with Crippen molar-refractivity contribution in [3.05, 3.63) is 45.9 Å². The fourth-order valence-electron chi connectivity index (χ4n) is 5.88. The number of anilines is 1. The number of benzene rings is 1. The van der Waals surface area contributed by atoms with Crippen molar-refractivity contribution in [1.82, 2.24) is 15.2 Å². The Balaban J connectivity index is 1.43. The largest absolute Gasteiger partial charge is 0.480 e. The van der Waals surface area contributed by atoms with Crippen LogP contribution in [0.4, 0.5) is 5.69 Å². The van der Waals surface area contributed by atoms with Crippen molar-refractivity contribution in [2.75, 3.05) is 18.0 Å². The van der Waals surface area contributed by atoms with Crippen molar-refractivity contribution in [2.24, 2.45) is 0 Å². The van der Waals surface area contributed by atoms with E-state index >= 15 is 0 Å². The molecule has 3 aliphatic rings. The predicted molar refractivity (Wildman–Crippen MR) is 143 cm³/mol. The first kappa shape index (κ1) is 24.3. The number of rotatable bonds is 5. The van der Waals surface area contributed by atoms with Crippen LogP contribution >= 0.6 is 22.9 Å². The lowest BCUT2D eigenvalue weighted by Gasteiger charge is -2.38. The SMILES string of the molecule is C[C@@]1(C(=O)O)C[C@@H](N2CCCc3cc(Cl)cc(-c4ccnc5cc(CN6C(=O)CCC6=O)sc45)c32)CN1. The van der Waals surface area contributed by atoms with Crippen LogP contribution < -0.4 is 10.2 Å². The van der Waals surface area contributed by atoms with Gasteiger partial charge in [0.25, 0.3) is 0 Å². The highest BCUT2D eigenvalue weighted by Crippen LogP contribution is 2.45. The summed E-state index contributed by atoms with van der Waals surface area (Å²) in [7, 11) is 0. The first-order chi connectivity index (χ1) is 17.7. The zero-order valence-corrected chi connectivity index (χ0v) is 22.0. The number of aliphatic carboxylic acids is 1. The van der Waals surface area contributed by atoms with Gasteiger partial charge in [-0.05, 0) is 56.0 Å². The lowest BCUT2D eigenvalue weighted by molar-refractivity contribution is -0.143. The molecule has 3 aliphatic heterocycles. The van der Waals surface area contributed by atoms with Gasteiger partial charge in [0.15, 0.2) is 0 Å². The maximum absolute atomic E-state index is 12.2. The average Bonchev–Trinajstić information content (AvgIpc) is 3.56.